The number of fused-ring (bicyclic) bond motifs is 1. The van der Waals surface area contributed by atoms with Gasteiger partial charge in [0.1, 0.15) is 0 Å². The van der Waals surface area contributed by atoms with Crippen LogP contribution in [0.15, 0.2) is 18.2 Å². The van der Waals surface area contributed by atoms with Gasteiger partial charge in [-0.3, -0.25) is 0 Å². The number of hydrogen-bond acceptors (Lipinski definition) is 2. The summed E-state index contributed by atoms with van der Waals surface area (Å²) in [4.78, 5) is 0. The van der Waals surface area contributed by atoms with Gasteiger partial charge in [0.15, 0.2) is 0 Å². The molecule has 0 bridgehead atoms. The lowest BCUT2D eigenvalue weighted by molar-refractivity contribution is 0.273. The molecule has 2 N–H and O–H groups in total. The molecule has 12 heavy (non-hydrogen) atoms. The van der Waals surface area contributed by atoms with E-state index < -0.39 is 0 Å². The lowest BCUT2D eigenvalue weighted by Gasteiger charge is -2.04. The molecule has 0 spiro atoms. The summed E-state index contributed by atoms with van der Waals surface area (Å²) in [7, 11) is 0. The fraction of sp³-hybridized carbons (Fsp3) is 0.333. The highest BCUT2D eigenvalue weighted by Gasteiger charge is 2.20. The fourth-order valence-corrected chi connectivity index (χ4v) is 1.72. The standard InChI is InChI=1S/C9H10ClNO/c10-7-1-2-8-6(5-12)4-11-9(8)3-7/h1-3,6,11-12H,4-5H2. The molecule has 0 amide bonds. The van der Waals surface area contributed by atoms with Crippen molar-refractivity contribution in [2.45, 2.75) is 5.92 Å². The molecule has 0 radical (unpaired) electrons. The number of rotatable bonds is 1. The van der Waals surface area contributed by atoms with Gasteiger partial charge >= 0.3 is 0 Å². The first-order valence-electron chi connectivity index (χ1n) is 3.95. The minimum absolute atomic E-state index is 0.196. The van der Waals surface area contributed by atoms with Crippen LogP contribution in [0.1, 0.15) is 11.5 Å². The van der Waals surface area contributed by atoms with Crippen molar-refractivity contribution in [3.63, 3.8) is 0 Å². The summed E-state index contributed by atoms with van der Waals surface area (Å²) in [6, 6.07) is 5.72. The van der Waals surface area contributed by atoms with Gasteiger partial charge in [0.25, 0.3) is 0 Å². The summed E-state index contributed by atoms with van der Waals surface area (Å²) in [5.74, 6) is 0.234. The first-order valence-corrected chi connectivity index (χ1v) is 4.33. The molecule has 64 valence electrons. The molecular weight excluding hydrogens is 174 g/mol. The Bertz CT molecular complexity index is 301. The molecule has 1 aliphatic heterocycles. The summed E-state index contributed by atoms with van der Waals surface area (Å²) in [6.45, 7) is 1.01. The lowest BCUT2D eigenvalue weighted by atomic mass is 10.0. The van der Waals surface area contributed by atoms with Crippen LogP contribution in [0.3, 0.4) is 0 Å². The molecule has 2 rings (SSSR count). The van der Waals surface area contributed by atoms with E-state index in [-0.39, 0.29) is 12.5 Å². The molecule has 3 heteroatoms. The van der Waals surface area contributed by atoms with E-state index in [9.17, 15) is 0 Å². The van der Waals surface area contributed by atoms with Crippen LogP contribution in [0.4, 0.5) is 5.69 Å². The normalized spacial score (nSPS) is 20.3. The number of hydrogen-bond donors (Lipinski definition) is 2. The molecule has 1 atom stereocenters. The summed E-state index contributed by atoms with van der Waals surface area (Å²) < 4.78 is 0. The van der Waals surface area contributed by atoms with Gasteiger partial charge in [-0.05, 0) is 17.7 Å². The van der Waals surface area contributed by atoms with E-state index in [1.54, 1.807) is 0 Å². The first-order chi connectivity index (χ1) is 5.81. The van der Waals surface area contributed by atoms with E-state index in [0.717, 1.165) is 17.3 Å². The predicted molar refractivity (Wildman–Crippen MR) is 49.8 cm³/mol. The maximum Gasteiger partial charge on any atom is 0.0517 e. The molecule has 1 aliphatic rings. The van der Waals surface area contributed by atoms with Crippen LogP contribution in [-0.4, -0.2) is 18.3 Å². The molecule has 0 aliphatic carbocycles. The Kier molecular flexibility index (Phi) is 1.95. The Morgan fingerprint density at radius 1 is 1.58 bits per heavy atom. The summed E-state index contributed by atoms with van der Waals surface area (Å²) in [5, 5.41) is 12.9. The van der Waals surface area contributed by atoms with E-state index in [0.29, 0.717) is 0 Å². The molecule has 1 aromatic rings. The quantitative estimate of drug-likeness (QED) is 0.697. The zero-order valence-electron chi connectivity index (χ0n) is 6.55. The van der Waals surface area contributed by atoms with Crippen molar-refractivity contribution in [2.75, 3.05) is 18.5 Å². The molecule has 0 saturated heterocycles. The summed E-state index contributed by atoms with van der Waals surface area (Å²) in [6.07, 6.45) is 0. The number of anilines is 1. The van der Waals surface area contributed by atoms with Gasteiger partial charge in [-0.25, -0.2) is 0 Å². The van der Waals surface area contributed by atoms with Crippen LogP contribution < -0.4 is 5.32 Å². The number of benzene rings is 1. The number of halogens is 1. The van der Waals surface area contributed by atoms with Gasteiger partial charge in [0.2, 0.25) is 0 Å². The zero-order valence-corrected chi connectivity index (χ0v) is 7.30. The first kappa shape index (κ1) is 7.90. The Morgan fingerprint density at radius 2 is 2.42 bits per heavy atom. The fourth-order valence-electron chi connectivity index (χ4n) is 1.54. The second kappa shape index (κ2) is 2.96. The molecule has 1 heterocycles. The van der Waals surface area contributed by atoms with Crippen molar-refractivity contribution in [3.8, 4) is 0 Å². The lowest BCUT2D eigenvalue weighted by Crippen LogP contribution is -2.05. The third kappa shape index (κ3) is 1.17. The zero-order chi connectivity index (χ0) is 8.55. The van der Waals surface area contributed by atoms with Crippen LogP contribution in [0.5, 0.6) is 0 Å². The molecule has 1 aromatic carbocycles. The molecular formula is C9H10ClNO. The van der Waals surface area contributed by atoms with E-state index >= 15 is 0 Å². The van der Waals surface area contributed by atoms with E-state index in [2.05, 4.69) is 5.32 Å². The SMILES string of the molecule is OCC1CNc2cc(Cl)ccc21. The monoisotopic (exact) mass is 183 g/mol. The second-order valence-electron chi connectivity index (χ2n) is 2.99. The minimum Gasteiger partial charge on any atom is -0.396 e. The van der Waals surface area contributed by atoms with Gasteiger partial charge in [-0.15, -0.1) is 0 Å². The maximum atomic E-state index is 9.01. The van der Waals surface area contributed by atoms with Crippen molar-refractivity contribution in [1.29, 1.82) is 0 Å². The number of aliphatic hydroxyl groups excluding tert-OH is 1. The molecule has 2 nitrogen and oxygen atoms in total. The largest absolute Gasteiger partial charge is 0.396 e. The van der Waals surface area contributed by atoms with Crippen LogP contribution in [0, 0.1) is 0 Å². The highest BCUT2D eigenvalue weighted by Crippen LogP contribution is 2.32. The minimum atomic E-state index is 0.196. The Morgan fingerprint density at radius 3 is 3.17 bits per heavy atom. The Hall–Kier alpha value is -0.730. The summed E-state index contributed by atoms with van der Waals surface area (Å²) >= 11 is 5.81. The Balaban J connectivity index is 2.40. The van der Waals surface area contributed by atoms with Crippen molar-refractivity contribution in [3.05, 3.63) is 28.8 Å². The molecule has 0 fully saturated rings. The maximum absolute atomic E-state index is 9.01. The topological polar surface area (TPSA) is 32.3 Å². The second-order valence-corrected chi connectivity index (χ2v) is 3.43. The third-order valence-corrected chi connectivity index (χ3v) is 2.45. The van der Waals surface area contributed by atoms with E-state index in [4.69, 9.17) is 16.7 Å². The van der Waals surface area contributed by atoms with Gasteiger partial charge < -0.3 is 10.4 Å². The average Bonchev–Trinajstić information content (AvgIpc) is 2.46. The number of nitrogens with one attached hydrogen (secondary N) is 1. The smallest absolute Gasteiger partial charge is 0.0517 e. The Labute approximate surface area is 76.2 Å². The highest BCUT2D eigenvalue weighted by molar-refractivity contribution is 6.30. The molecule has 0 saturated carbocycles. The van der Waals surface area contributed by atoms with Gasteiger partial charge in [-0.2, -0.15) is 0 Å². The summed E-state index contributed by atoms with van der Waals surface area (Å²) in [5.41, 5.74) is 2.23. The van der Waals surface area contributed by atoms with Crippen LogP contribution in [0.2, 0.25) is 5.02 Å². The van der Waals surface area contributed by atoms with Crippen LogP contribution in [-0.2, 0) is 0 Å². The van der Waals surface area contributed by atoms with Crippen molar-refractivity contribution < 1.29 is 5.11 Å². The molecule has 1 unspecified atom stereocenters. The van der Waals surface area contributed by atoms with Gasteiger partial charge in [-0.1, -0.05) is 17.7 Å². The highest BCUT2D eigenvalue weighted by atomic mass is 35.5. The average molecular weight is 184 g/mol. The molecule has 0 aromatic heterocycles. The van der Waals surface area contributed by atoms with Gasteiger partial charge in [0, 0.05) is 23.2 Å². The van der Waals surface area contributed by atoms with E-state index in [1.807, 2.05) is 18.2 Å². The van der Waals surface area contributed by atoms with Crippen LogP contribution in [0.25, 0.3) is 0 Å². The predicted octanol–water partition coefficient (Wildman–Crippen LogP) is 1.84. The van der Waals surface area contributed by atoms with Crippen molar-refractivity contribution in [2.24, 2.45) is 0 Å². The third-order valence-electron chi connectivity index (χ3n) is 2.21. The van der Waals surface area contributed by atoms with Gasteiger partial charge in [0.05, 0.1) is 6.61 Å². The van der Waals surface area contributed by atoms with Crippen molar-refractivity contribution >= 4 is 17.3 Å². The van der Waals surface area contributed by atoms with Crippen molar-refractivity contribution in [1.82, 2.24) is 0 Å². The van der Waals surface area contributed by atoms with Crippen LogP contribution >= 0.6 is 11.6 Å². The number of aliphatic hydroxyl groups is 1. The van der Waals surface area contributed by atoms with E-state index in [1.165, 1.54) is 5.56 Å².